The minimum Gasteiger partial charge on any atom is -0.382 e. The van der Waals surface area contributed by atoms with Crippen LogP contribution in [0, 0.1) is 5.82 Å². The highest BCUT2D eigenvalue weighted by atomic mass is 79.9. The van der Waals surface area contributed by atoms with E-state index in [1.54, 1.807) is 6.07 Å². The maximum absolute atomic E-state index is 13.4. The average molecular weight is 308 g/mol. The lowest BCUT2D eigenvalue weighted by Crippen LogP contribution is -2.18. The lowest BCUT2D eigenvalue weighted by Gasteiger charge is -2.15. The normalized spacial score (nSPS) is 12.2. The van der Waals surface area contributed by atoms with Crippen LogP contribution in [0.4, 0.5) is 10.1 Å². The monoisotopic (exact) mass is 307 g/mol. The molecule has 0 amide bonds. The molecule has 0 spiro atoms. The van der Waals surface area contributed by atoms with Crippen LogP contribution in [0.5, 0.6) is 0 Å². The molecule has 0 saturated carbocycles. The fourth-order valence-corrected chi connectivity index (χ4v) is 2.14. The summed E-state index contributed by atoms with van der Waals surface area (Å²) >= 11 is 3.15. The van der Waals surface area contributed by atoms with Crippen molar-refractivity contribution in [2.75, 3.05) is 5.32 Å². The van der Waals surface area contributed by atoms with Crippen LogP contribution in [0.3, 0.4) is 0 Å². The van der Waals surface area contributed by atoms with E-state index >= 15 is 0 Å². The predicted molar refractivity (Wildman–Crippen MR) is 77.3 cm³/mol. The van der Waals surface area contributed by atoms with Crippen molar-refractivity contribution in [1.82, 2.24) is 0 Å². The Hall–Kier alpha value is -1.35. The molecule has 2 rings (SSSR count). The molecule has 0 radical (unpaired) electrons. The summed E-state index contributed by atoms with van der Waals surface area (Å²) in [6.07, 6.45) is 0.915. The summed E-state index contributed by atoms with van der Waals surface area (Å²) in [6.45, 7) is 2.09. The topological polar surface area (TPSA) is 12.0 Å². The van der Waals surface area contributed by atoms with Crippen molar-refractivity contribution in [3.05, 3.63) is 64.4 Å². The first-order valence-electron chi connectivity index (χ1n) is 5.90. The maximum Gasteiger partial charge on any atom is 0.139 e. The molecule has 0 aromatic heterocycles. The molecular weight excluding hydrogens is 293 g/mol. The van der Waals surface area contributed by atoms with Crippen molar-refractivity contribution >= 4 is 21.6 Å². The number of rotatable bonds is 4. The highest BCUT2D eigenvalue weighted by Gasteiger charge is 2.05. The zero-order valence-electron chi connectivity index (χ0n) is 10.2. The molecule has 0 fully saturated rings. The third-order valence-electron chi connectivity index (χ3n) is 2.72. The van der Waals surface area contributed by atoms with E-state index < -0.39 is 0 Å². The minimum atomic E-state index is -0.244. The molecule has 1 atom stereocenters. The summed E-state index contributed by atoms with van der Waals surface area (Å²) < 4.78 is 13.9. The van der Waals surface area contributed by atoms with E-state index in [1.807, 2.05) is 24.3 Å². The van der Waals surface area contributed by atoms with Gasteiger partial charge in [0, 0.05) is 11.7 Å². The van der Waals surface area contributed by atoms with Gasteiger partial charge < -0.3 is 5.32 Å². The number of nitrogens with one attached hydrogen (secondary N) is 1. The standard InChI is InChI=1S/C15H15BrFN/c1-11(9-12-5-3-2-4-6-12)18-13-7-8-14(16)15(17)10-13/h2-8,10-11,18H,9H2,1H3. The first-order chi connectivity index (χ1) is 8.65. The molecular formula is C15H15BrFN. The molecule has 1 N–H and O–H groups in total. The van der Waals surface area contributed by atoms with Crippen molar-refractivity contribution in [1.29, 1.82) is 0 Å². The molecule has 94 valence electrons. The van der Waals surface area contributed by atoms with Gasteiger partial charge in [0.05, 0.1) is 4.47 Å². The summed E-state index contributed by atoms with van der Waals surface area (Å²) in [7, 11) is 0. The lowest BCUT2D eigenvalue weighted by atomic mass is 10.1. The van der Waals surface area contributed by atoms with Crippen LogP contribution >= 0.6 is 15.9 Å². The van der Waals surface area contributed by atoms with Gasteiger partial charge in [-0.05, 0) is 53.0 Å². The summed E-state index contributed by atoms with van der Waals surface area (Å²) in [5, 5.41) is 3.30. The summed E-state index contributed by atoms with van der Waals surface area (Å²) in [6, 6.07) is 15.6. The number of halogens is 2. The second-order valence-electron chi connectivity index (χ2n) is 4.36. The second-order valence-corrected chi connectivity index (χ2v) is 5.22. The van der Waals surface area contributed by atoms with Crippen LogP contribution in [-0.2, 0) is 6.42 Å². The largest absolute Gasteiger partial charge is 0.382 e. The number of hydrogen-bond acceptors (Lipinski definition) is 1. The Morgan fingerprint density at radius 1 is 1.17 bits per heavy atom. The van der Waals surface area contributed by atoms with Crippen molar-refractivity contribution in [2.45, 2.75) is 19.4 Å². The first kappa shape index (κ1) is 13.1. The predicted octanol–water partition coefficient (Wildman–Crippen LogP) is 4.63. The fourth-order valence-electron chi connectivity index (χ4n) is 1.89. The van der Waals surface area contributed by atoms with Crippen molar-refractivity contribution in [2.24, 2.45) is 0 Å². The van der Waals surface area contributed by atoms with Crippen molar-refractivity contribution < 1.29 is 4.39 Å². The van der Waals surface area contributed by atoms with Gasteiger partial charge >= 0.3 is 0 Å². The quantitative estimate of drug-likeness (QED) is 0.868. The Balaban J connectivity index is 1.99. The Kier molecular flexibility index (Phi) is 4.37. The zero-order valence-corrected chi connectivity index (χ0v) is 11.7. The Morgan fingerprint density at radius 2 is 1.89 bits per heavy atom. The summed E-state index contributed by atoms with van der Waals surface area (Å²) in [5.41, 5.74) is 2.08. The van der Waals surface area contributed by atoms with Crippen LogP contribution in [0.1, 0.15) is 12.5 Å². The van der Waals surface area contributed by atoms with Crippen molar-refractivity contribution in [3.8, 4) is 0 Å². The number of benzene rings is 2. The highest BCUT2D eigenvalue weighted by Crippen LogP contribution is 2.20. The Morgan fingerprint density at radius 3 is 2.56 bits per heavy atom. The van der Waals surface area contributed by atoms with E-state index in [4.69, 9.17) is 0 Å². The molecule has 1 nitrogen and oxygen atoms in total. The molecule has 3 heteroatoms. The van der Waals surface area contributed by atoms with Gasteiger partial charge in [-0.3, -0.25) is 0 Å². The van der Waals surface area contributed by atoms with Gasteiger partial charge in [0.1, 0.15) is 5.82 Å². The van der Waals surface area contributed by atoms with E-state index in [0.29, 0.717) is 4.47 Å². The highest BCUT2D eigenvalue weighted by molar-refractivity contribution is 9.10. The molecule has 0 heterocycles. The average Bonchev–Trinajstić information content (AvgIpc) is 2.35. The van der Waals surface area contributed by atoms with Crippen LogP contribution in [0.2, 0.25) is 0 Å². The van der Waals surface area contributed by atoms with Gasteiger partial charge in [-0.15, -0.1) is 0 Å². The SMILES string of the molecule is CC(Cc1ccccc1)Nc1ccc(Br)c(F)c1. The number of hydrogen-bond donors (Lipinski definition) is 1. The molecule has 0 saturated heterocycles. The van der Waals surface area contributed by atoms with Crippen LogP contribution in [-0.4, -0.2) is 6.04 Å². The van der Waals surface area contributed by atoms with Gasteiger partial charge in [0.15, 0.2) is 0 Å². The first-order valence-corrected chi connectivity index (χ1v) is 6.70. The molecule has 0 aliphatic rings. The van der Waals surface area contributed by atoms with E-state index in [9.17, 15) is 4.39 Å². The van der Waals surface area contributed by atoms with E-state index in [-0.39, 0.29) is 11.9 Å². The molecule has 2 aromatic carbocycles. The molecule has 0 aliphatic carbocycles. The Labute approximate surface area is 115 Å². The van der Waals surface area contributed by atoms with Crippen LogP contribution < -0.4 is 5.32 Å². The van der Waals surface area contributed by atoms with E-state index in [2.05, 4.69) is 40.3 Å². The zero-order chi connectivity index (χ0) is 13.0. The van der Waals surface area contributed by atoms with Gasteiger partial charge in [-0.25, -0.2) is 4.39 Å². The molecule has 0 aliphatic heterocycles. The van der Waals surface area contributed by atoms with E-state index in [1.165, 1.54) is 11.6 Å². The number of anilines is 1. The third kappa shape index (κ3) is 3.57. The fraction of sp³-hybridized carbons (Fsp3) is 0.200. The van der Waals surface area contributed by atoms with Crippen molar-refractivity contribution in [3.63, 3.8) is 0 Å². The van der Waals surface area contributed by atoms with Crippen LogP contribution in [0.15, 0.2) is 53.0 Å². The molecule has 2 aromatic rings. The third-order valence-corrected chi connectivity index (χ3v) is 3.36. The lowest BCUT2D eigenvalue weighted by molar-refractivity contribution is 0.621. The van der Waals surface area contributed by atoms with Crippen LogP contribution in [0.25, 0.3) is 0 Å². The van der Waals surface area contributed by atoms with E-state index in [0.717, 1.165) is 12.1 Å². The van der Waals surface area contributed by atoms with Gasteiger partial charge in [-0.1, -0.05) is 30.3 Å². The minimum absolute atomic E-state index is 0.244. The second kappa shape index (κ2) is 6.01. The Bertz CT molecular complexity index is 513. The molecule has 0 bridgehead atoms. The van der Waals surface area contributed by atoms with Gasteiger partial charge in [-0.2, -0.15) is 0 Å². The smallest absolute Gasteiger partial charge is 0.139 e. The van der Waals surface area contributed by atoms with Gasteiger partial charge in [0.2, 0.25) is 0 Å². The maximum atomic E-state index is 13.4. The molecule has 18 heavy (non-hydrogen) atoms. The summed E-state index contributed by atoms with van der Waals surface area (Å²) in [5.74, 6) is -0.244. The summed E-state index contributed by atoms with van der Waals surface area (Å²) in [4.78, 5) is 0. The van der Waals surface area contributed by atoms with Gasteiger partial charge in [0.25, 0.3) is 0 Å². The molecule has 1 unspecified atom stereocenters.